The molecule has 8 unspecified atom stereocenters. The number of amides is 4. The Hall–Kier alpha value is -7.81. The minimum absolute atomic E-state index is 0.00572. The van der Waals surface area contributed by atoms with Crippen molar-refractivity contribution in [3.63, 3.8) is 0 Å². The lowest BCUT2D eigenvalue weighted by Crippen LogP contribution is -2.51. The molecule has 0 aliphatic carbocycles. The summed E-state index contributed by atoms with van der Waals surface area (Å²) in [4.78, 5) is 93.7. The Balaban J connectivity index is 0.000000159. The molecule has 8 fully saturated rings. The molecule has 0 radical (unpaired) electrons. The number of aromatic nitrogens is 3. The lowest BCUT2D eigenvalue weighted by Gasteiger charge is -2.38. The summed E-state index contributed by atoms with van der Waals surface area (Å²) in [5.41, 5.74) is 6.81. The van der Waals surface area contributed by atoms with E-state index in [9.17, 15) is 39.4 Å². The van der Waals surface area contributed by atoms with Crippen LogP contribution in [0.3, 0.4) is 0 Å². The predicted molar refractivity (Wildman–Crippen MR) is 363 cm³/mol. The number of rotatable bonds is 6. The van der Waals surface area contributed by atoms with Gasteiger partial charge in [-0.1, -0.05) is 30.3 Å². The average molecular weight is 1420 g/mol. The Morgan fingerprint density at radius 2 is 0.918 bits per heavy atom. The van der Waals surface area contributed by atoms with Gasteiger partial charge in [-0.05, 0) is 149 Å². The molecule has 1 aromatic carbocycles. The predicted octanol–water partition coefficient (Wildman–Crippen LogP) is 8.16. The molecule has 11 heterocycles. The lowest BCUT2D eigenvalue weighted by atomic mass is 10.1. The molecule has 97 heavy (non-hydrogen) atoms. The van der Waals surface area contributed by atoms with Gasteiger partial charge >= 0.3 is 36.0 Å². The first-order chi connectivity index (χ1) is 45.7. The monoisotopic (exact) mass is 1420 g/mol. The molecule has 12 rings (SSSR count). The molecule has 0 spiro atoms. The smallest absolute Gasteiger partial charge is 0.410 e. The number of hydrogen-bond acceptors (Lipinski definition) is 24. The number of nitrogens with zero attached hydrogens (tertiary/aromatic N) is 12. The fourth-order valence-corrected chi connectivity index (χ4v) is 12.2. The van der Waals surface area contributed by atoms with E-state index in [1.54, 1.807) is 44.0 Å². The van der Waals surface area contributed by atoms with Crippen LogP contribution in [-0.2, 0) is 44.4 Å². The highest BCUT2D eigenvalue weighted by atomic mass is 79.9. The first-order valence-corrected chi connectivity index (χ1v) is 33.5. The molecule has 532 valence electrons. The second-order valence-electron chi connectivity index (χ2n) is 28.4. The van der Waals surface area contributed by atoms with Gasteiger partial charge in [-0.25, -0.2) is 24.2 Å². The minimum Gasteiger partial charge on any atom is -0.444 e. The van der Waals surface area contributed by atoms with Crippen LogP contribution in [0.4, 0.5) is 48.0 Å². The Morgan fingerprint density at radius 1 is 0.515 bits per heavy atom. The number of hydrogen-bond donors (Lipinski definition) is 2. The van der Waals surface area contributed by atoms with Gasteiger partial charge in [0.15, 0.2) is 12.4 Å². The number of benzene rings is 1. The van der Waals surface area contributed by atoms with Crippen molar-refractivity contribution in [3.05, 3.63) is 116 Å². The first-order valence-electron chi connectivity index (χ1n) is 32.7. The maximum Gasteiger partial charge on any atom is 0.410 e. The topological polar surface area (TPSA) is 328 Å². The minimum atomic E-state index is -0.548. The number of nitrogens with two attached hydrogens (primary N) is 1. The molecule has 4 amide bonds. The standard InChI is InChI=1S/C18H26N2O3.C16H22N4O5.C16H24N4O3.C11H20N2O3.C5H3BrN2O2/c1-18(2,3)23-17(21)20-12-15-16(13-20)22-10-9-19(15)11-14-7-5-4-6-8-14;1-16(2,3)25-15(21)18-9-12-13(10-18)24-7-6-19(12)11-4-5-14(17-8-11)20(22)23;1-16(2,3)23-15(21)19-9-12-13(10-19)22-7-6-20(12)11-4-5-14(17)18-8-11;1-11(2,3)16-10(14)13-6-8-9(7-13)15-5-4-12-8;6-4-1-2-5(7-3-4)8(9)10/h4-8,15-16H,9-13H2,1-3H3;4-5,8,12-13H,6-7,9-10H2,1-3H3;4-5,8,12-13H,6-7,9-10H2,1-3H3,(H2,17,18);8-9,12H,4-7H2,1-3H3;1-3H. The molecule has 8 saturated heterocycles. The molecular weight excluding hydrogens is 1320 g/mol. The van der Waals surface area contributed by atoms with Crippen LogP contribution in [0.1, 0.15) is 88.6 Å². The zero-order chi connectivity index (χ0) is 70.6. The van der Waals surface area contributed by atoms with Crippen LogP contribution in [0.25, 0.3) is 0 Å². The molecule has 4 aromatic rings. The van der Waals surface area contributed by atoms with Crippen LogP contribution in [0, 0.1) is 20.2 Å². The Bertz CT molecular complexity index is 3250. The fourth-order valence-electron chi connectivity index (χ4n) is 12.0. The number of carbonyl (C=O) groups is 4. The van der Waals surface area contributed by atoms with E-state index >= 15 is 0 Å². The van der Waals surface area contributed by atoms with Crippen LogP contribution in [0.2, 0.25) is 0 Å². The number of nitro groups is 2. The van der Waals surface area contributed by atoms with Crippen molar-refractivity contribution < 1.29 is 66.9 Å². The summed E-state index contributed by atoms with van der Waals surface area (Å²) in [6.45, 7) is 33.8. The molecule has 31 heteroatoms. The third-order valence-electron chi connectivity index (χ3n) is 16.2. The third-order valence-corrected chi connectivity index (χ3v) is 16.7. The highest BCUT2D eigenvalue weighted by Crippen LogP contribution is 2.32. The van der Waals surface area contributed by atoms with Gasteiger partial charge in [0.25, 0.3) is 0 Å². The molecule has 8 aliphatic heterocycles. The fraction of sp³-hybridized carbons (Fsp3) is 0.621. The van der Waals surface area contributed by atoms with Crippen molar-refractivity contribution in [2.24, 2.45) is 0 Å². The van der Waals surface area contributed by atoms with Crippen molar-refractivity contribution in [3.8, 4) is 0 Å². The number of carbonyl (C=O) groups excluding carboxylic acids is 4. The quantitative estimate of drug-likeness (QED) is 0.104. The first kappa shape index (κ1) is 75.0. The van der Waals surface area contributed by atoms with Gasteiger partial charge in [0, 0.05) is 71.0 Å². The van der Waals surface area contributed by atoms with Gasteiger partial charge in [0.05, 0.1) is 123 Å². The SMILES string of the molecule is CC(C)(C)OC(=O)N1CC2NCCOC2C1.CC(C)(C)OC(=O)N1CC2OCCN(Cc3ccccc3)C2C1.CC(C)(C)OC(=O)N1CC2OCCN(c3ccc(N)nc3)C2C1.CC(C)(C)OC(=O)N1CC2OCCN(c3ccc([N+](=O)[O-])nc3)C2C1.O=[N+]([O-])c1ccc(Br)cn1. The molecule has 30 nitrogen and oxygen atoms in total. The van der Waals surface area contributed by atoms with E-state index in [1.165, 1.54) is 30.1 Å². The van der Waals surface area contributed by atoms with E-state index in [-0.39, 0.29) is 84.6 Å². The van der Waals surface area contributed by atoms with Crippen molar-refractivity contribution in [1.29, 1.82) is 0 Å². The van der Waals surface area contributed by atoms with Gasteiger partial charge in [-0.15, -0.1) is 0 Å². The van der Waals surface area contributed by atoms with Crippen LogP contribution in [-0.4, -0.2) is 250 Å². The summed E-state index contributed by atoms with van der Waals surface area (Å²) in [7, 11) is 0. The molecule has 8 atom stereocenters. The van der Waals surface area contributed by atoms with Crippen LogP contribution < -0.4 is 20.9 Å². The number of morpholine rings is 4. The number of nitrogen functional groups attached to an aromatic ring is 1. The number of nitrogens with one attached hydrogen (secondary N) is 1. The Kier molecular flexibility index (Phi) is 25.3. The van der Waals surface area contributed by atoms with E-state index in [4.69, 9.17) is 43.6 Å². The molecule has 0 bridgehead atoms. The zero-order valence-corrected chi connectivity index (χ0v) is 59.2. The normalized spacial score (nSPS) is 23.7. The van der Waals surface area contributed by atoms with Gasteiger partial charge in [-0.2, -0.15) is 0 Å². The summed E-state index contributed by atoms with van der Waals surface area (Å²) in [5, 5.41) is 24.1. The summed E-state index contributed by atoms with van der Waals surface area (Å²) in [6.07, 6.45) is 3.62. The second kappa shape index (κ2) is 32.7. The lowest BCUT2D eigenvalue weighted by molar-refractivity contribution is -0.389. The number of fused-ring (bicyclic) bond motifs is 4. The molecular formula is C66H95BrN14O16. The highest BCUT2D eigenvalue weighted by Gasteiger charge is 2.47. The van der Waals surface area contributed by atoms with Crippen LogP contribution in [0.15, 0.2) is 89.8 Å². The maximum atomic E-state index is 12.3. The zero-order valence-electron chi connectivity index (χ0n) is 57.6. The number of ether oxygens (including phenoxy) is 8. The summed E-state index contributed by atoms with van der Waals surface area (Å²) in [6, 6.07) is 20.8. The van der Waals surface area contributed by atoms with E-state index in [0.717, 1.165) is 55.2 Å². The van der Waals surface area contributed by atoms with Crippen LogP contribution >= 0.6 is 15.9 Å². The van der Waals surface area contributed by atoms with Crippen molar-refractivity contribution in [2.75, 3.05) is 120 Å². The summed E-state index contributed by atoms with van der Waals surface area (Å²) >= 11 is 3.11. The highest BCUT2D eigenvalue weighted by molar-refractivity contribution is 9.10. The molecule has 3 N–H and O–H groups in total. The van der Waals surface area contributed by atoms with Crippen LogP contribution in [0.5, 0.6) is 0 Å². The number of anilines is 3. The van der Waals surface area contributed by atoms with E-state index in [1.807, 2.05) is 95.2 Å². The number of likely N-dealkylation sites (tertiary alicyclic amines) is 4. The van der Waals surface area contributed by atoms with Gasteiger partial charge < -0.3 is 98.6 Å². The summed E-state index contributed by atoms with van der Waals surface area (Å²) < 4.78 is 45.6. The molecule has 0 saturated carbocycles. The third kappa shape index (κ3) is 22.4. The number of pyridine rings is 3. The van der Waals surface area contributed by atoms with Crippen molar-refractivity contribution in [1.82, 2.24) is 44.8 Å². The second-order valence-corrected chi connectivity index (χ2v) is 29.4. The average Bonchev–Trinajstić information content (AvgIpc) is 1.72. The van der Waals surface area contributed by atoms with Gasteiger partial charge in [0.2, 0.25) is 0 Å². The van der Waals surface area contributed by atoms with E-state index < -0.39 is 32.3 Å². The molecule has 3 aromatic heterocycles. The Labute approximate surface area is 575 Å². The van der Waals surface area contributed by atoms with E-state index in [0.29, 0.717) is 77.9 Å². The summed E-state index contributed by atoms with van der Waals surface area (Å²) in [5.74, 6) is 0.180. The number of halogens is 1. The van der Waals surface area contributed by atoms with E-state index in [2.05, 4.69) is 75.2 Å². The van der Waals surface area contributed by atoms with Crippen molar-refractivity contribution >= 4 is 69.1 Å². The van der Waals surface area contributed by atoms with Crippen molar-refractivity contribution in [2.45, 2.75) is 161 Å². The largest absolute Gasteiger partial charge is 0.444 e. The maximum absolute atomic E-state index is 12.3. The Morgan fingerprint density at radius 3 is 1.33 bits per heavy atom. The van der Waals surface area contributed by atoms with Gasteiger partial charge in [0.1, 0.15) is 28.2 Å². The molecule has 8 aliphatic rings. The van der Waals surface area contributed by atoms with Gasteiger partial charge in [-0.3, -0.25) is 4.90 Å².